The van der Waals surface area contributed by atoms with Crippen LogP contribution in [0.5, 0.6) is 0 Å². The Kier molecular flexibility index (Phi) is 23.1. The highest BCUT2D eigenvalue weighted by atomic mass is 16.7. The van der Waals surface area contributed by atoms with Gasteiger partial charge in [0.05, 0.1) is 92.9 Å². The van der Waals surface area contributed by atoms with Gasteiger partial charge in [0.2, 0.25) is 0 Å². The molecule has 20 aliphatic carbocycles. The summed E-state index contributed by atoms with van der Waals surface area (Å²) in [6.45, 7) is 62.7. The summed E-state index contributed by atoms with van der Waals surface area (Å²) in [5, 5.41) is 139. The molecule has 0 radical (unpaired) electrons. The van der Waals surface area contributed by atoms with E-state index in [0.29, 0.717) is 51.4 Å². The minimum absolute atomic E-state index is 0. The molecule has 56 atom stereocenters. The molecule has 28 nitrogen and oxygen atoms in total. The number of esters is 4. The highest BCUT2D eigenvalue weighted by Gasteiger charge is 2.92. The first-order valence-electron chi connectivity index (χ1n) is 58.0. The summed E-state index contributed by atoms with van der Waals surface area (Å²) < 4.78 is 51.7. The summed E-state index contributed by atoms with van der Waals surface area (Å²) in [6.07, 6.45) is 15.7. The van der Waals surface area contributed by atoms with Crippen LogP contribution in [0.3, 0.4) is 0 Å². The fourth-order valence-electron chi connectivity index (χ4n) is 51.1. The molecule has 8 heterocycles. The zero-order chi connectivity index (χ0) is 104. The third kappa shape index (κ3) is 11.7. The van der Waals surface area contributed by atoms with E-state index in [9.17, 15) is 80.5 Å². The van der Waals surface area contributed by atoms with Crippen molar-refractivity contribution < 1.29 is 140 Å². The Labute approximate surface area is 878 Å². The summed E-state index contributed by atoms with van der Waals surface area (Å²) in [5.74, 6) is -4.39. The van der Waals surface area contributed by atoms with Crippen LogP contribution < -0.4 is 0 Å². The average Bonchev–Trinajstić information content (AvgIpc) is 1.51. The second-order valence-electron chi connectivity index (χ2n) is 63.6. The molecule has 0 unspecified atom stereocenters. The van der Waals surface area contributed by atoms with E-state index in [4.69, 9.17) is 37.9 Å². The van der Waals surface area contributed by atoms with Crippen LogP contribution in [0, 0.1) is 227 Å². The van der Waals surface area contributed by atoms with Crippen molar-refractivity contribution in [3.8, 4) is 0 Å². The molecule has 0 amide bonds. The van der Waals surface area contributed by atoms with Crippen molar-refractivity contribution >= 4 is 23.9 Å². The number of aliphatic hydroxyl groups excluding tert-OH is 8. The maximum Gasteiger partial charge on any atom is 0.312 e. The zero-order valence-electron chi connectivity index (χ0n) is 94.5. The van der Waals surface area contributed by atoms with Crippen LogP contribution in [0.25, 0.3) is 0 Å². The fourth-order valence-corrected chi connectivity index (χ4v) is 51.1. The average molecular weight is 2080 g/mol. The lowest BCUT2D eigenvalue weighted by molar-refractivity contribution is -0.338. The molecule has 20 saturated carbocycles. The van der Waals surface area contributed by atoms with E-state index in [0.717, 1.165) is 128 Å². The van der Waals surface area contributed by atoms with Gasteiger partial charge in [-0.05, 0) is 290 Å². The third-order valence-electron chi connectivity index (χ3n) is 58.7. The van der Waals surface area contributed by atoms with Crippen LogP contribution in [-0.2, 0) is 57.1 Å². The molecule has 8 saturated heterocycles. The highest BCUT2D eigenvalue weighted by Crippen LogP contribution is 2.90. The monoisotopic (exact) mass is 2080 g/mol. The summed E-state index contributed by atoms with van der Waals surface area (Å²) in [4.78, 5) is 53.9. The van der Waals surface area contributed by atoms with Crippen LogP contribution in [-0.4, -0.2) is 226 Å². The van der Waals surface area contributed by atoms with Crippen molar-refractivity contribution in [3.63, 3.8) is 0 Å². The Bertz CT molecular complexity index is 4830. The van der Waals surface area contributed by atoms with E-state index in [1.807, 2.05) is 0 Å². The number of fused-ring (bicyclic) bond motifs is 20. The lowest BCUT2D eigenvalue weighted by atomic mass is 9.30. The zero-order valence-corrected chi connectivity index (χ0v) is 94.5. The Hall–Kier alpha value is -2.92. The molecule has 840 valence electrons. The number of carbonyl (C=O) groups is 4. The number of hydrogen-bond acceptors (Lipinski definition) is 24. The molecule has 8 bridgehead atoms. The largest absolute Gasteiger partial charge is 0.462 e. The second kappa shape index (κ2) is 30.9. The minimum atomic E-state index is -1.30. The first-order chi connectivity index (χ1) is 66.1. The predicted octanol–water partition coefficient (Wildman–Crippen LogP) is 12.9. The molecular weight excluding hydrogens is 1890 g/mol. The van der Waals surface area contributed by atoms with E-state index >= 15 is 0 Å². The van der Waals surface area contributed by atoms with E-state index in [-0.39, 0.29) is 254 Å². The van der Waals surface area contributed by atoms with Gasteiger partial charge in [0.1, 0.15) is 24.4 Å². The van der Waals surface area contributed by atoms with Crippen molar-refractivity contribution in [3.05, 3.63) is 0 Å². The number of carbonyl (C=O) groups excluding carboxylic acids is 4. The van der Waals surface area contributed by atoms with Gasteiger partial charge in [0, 0.05) is 122 Å². The van der Waals surface area contributed by atoms with Crippen LogP contribution >= 0.6 is 0 Å². The summed E-state index contributed by atoms with van der Waals surface area (Å²) in [5.41, 5.74) is -8.19. The topological polar surface area (TPSA) is 511 Å². The Morgan fingerprint density at radius 3 is 0.554 bits per heavy atom. The maximum atomic E-state index is 13.5. The van der Waals surface area contributed by atoms with Gasteiger partial charge in [0.15, 0.2) is 23.1 Å². The van der Waals surface area contributed by atoms with Crippen LogP contribution in [0.4, 0.5) is 0 Å². The number of ether oxygens (including phenoxy) is 8. The fraction of sp³-hybridized carbons (Fsp3) is 0.967. The molecule has 28 fully saturated rings. The summed E-state index contributed by atoms with van der Waals surface area (Å²) in [6, 6.07) is 0. The molecule has 0 aromatic rings. The SMILES string of the molecule is C[C@@H]1[C@@H]2C[C@@]3(CC[C@]4(C)[C@@H]5[C@@H]3[C@]1(C)O[C@]5(O)C[C@@H]1[C@@]3(C)C[C@@H](O)[C@@H](O)C(C)(C)[C@@H]3CC[C@]14C)C(=O)O2.C[C@@H]1[C@@H]2C[C@@]3(CC[C@]4(C)[C@@H]5[C@@H]3[C@]1(C)O[C@]5(O)C[C@@H]1[C@@]3(C)C[C@@H](O)[C@@H](O)C(C)(C)[C@@H]3CC[C@]14C)C(=O)O2.C[C@@H]1[C@@H]2C[C@@]3(CC[C@]4(C)[C@@H]5[C@@H]3[C@]1(C)O[C@]5(O)C[C@@H]1[C@@]3(C)C[C@@H](O)[C@@H](O)C(C)(C)[C@@H]3CC[C@]14C)C(=O)O2.C[C@@H]1[C@@H]2C[C@@]3(CC[C@]4(C)[C@@H]5[C@@H]3[C@]1(C)O[C@]5(O)C[C@@H]1[C@@]3(C)C[C@@H](O)[C@@H](O)C(C)(C)[C@@H]3CC[C@]14C)C(=O)O2.O.O.O.O. The van der Waals surface area contributed by atoms with E-state index < -0.39 is 138 Å². The number of hydrogen-bond donors (Lipinski definition) is 12. The first kappa shape index (κ1) is 111. The van der Waals surface area contributed by atoms with E-state index in [1.54, 1.807) is 0 Å². The number of rotatable bonds is 0. The lowest BCUT2D eigenvalue weighted by Crippen LogP contribution is -2.72. The van der Waals surface area contributed by atoms with Crippen LogP contribution in [0.2, 0.25) is 0 Å². The highest BCUT2D eigenvalue weighted by molar-refractivity contribution is 5.83. The van der Waals surface area contributed by atoms with Gasteiger partial charge in [-0.1, -0.05) is 166 Å². The number of aliphatic hydroxyl groups is 12. The molecule has 28 heteroatoms. The van der Waals surface area contributed by atoms with Gasteiger partial charge >= 0.3 is 23.9 Å². The third-order valence-corrected chi connectivity index (χ3v) is 58.7. The second-order valence-corrected chi connectivity index (χ2v) is 63.6. The molecule has 4 spiro atoms. The van der Waals surface area contributed by atoms with Crippen molar-refractivity contribution in [1.29, 1.82) is 0 Å². The van der Waals surface area contributed by atoms with Gasteiger partial charge in [-0.2, -0.15) is 0 Å². The molecule has 0 aromatic heterocycles. The van der Waals surface area contributed by atoms with Gasteiger partial charge in [-0.3, -0.25) is 19.2 Å². The van der Waals surface area contributed by atoms with Crippen LogP contribution in [0.15, 0.2) is 0 Å². The minimum Gasteiger partial charge on any atom is -0.462 e. The first-order valence-corrected chi connectivity index (χ1v) is 58.0. The molecule has 20 N–H and O–H groups in total. The van der Waals surface area contributed by atoms with E-state index in [2.05, 4.69) is 194 Å². The van der Waals surface area contributed by atoms with E-state index in [1.165, 1.54) is 0 Å². The Morgan fingerprint density at radius 1 is 0.216 bits per heavy atom. The summed E-state index contributed by atoms with van der Waals surface area (Å²) >= 11 is 0. The Morgan fingerprint density at radius 2 is 0.385 bits per heavy atom. The predicted molar refractivity (Wildman–Crippen MR) is 544 cm³/mol. The van der Waals surface area contributed by atoms with Gasteiger partial charge in [0.25, 0.3) is 0 Å². The van der Waals surface area contributed by atoms with Crippen LogP contribution in [0.1, 0.15) is 374 Å². The van der Waals surface area contributed by atoms with Crippen molar-refractivity contribution in [2.24, 2.45) is 227 Å². The molecule has 8 aliphatic heterocycles. The lowest BCUT2D eigenvalue weighted by Gasteiger charge is -2.73. The molecule has 28 rings (SSSR count). The quantitative estimate of drug-likeness (QED) is 0.0791. The smallest absolute Gasteiger partial charge is 0.312 e. The van der Waals surface area contributed by atoms with Gasteiger partial charge < -0.3 is 121 Å². The van der Waals surface area contributed by atoms with Gasteiger partial charge in [-0.15, -0.1) is 0 Å². The van der Waals surface area contributed by atoms with Gasteiger partial charge in [-0.25, -0.2) is 0 Å². The Balaban J connectivity index is 0.000000115. The molecule has 28 aliphatic rings. The molecular formula is C120H192O28. The van der Waals surface area contributed by atoms with Crippen molar-refractivity contribution in [2.75, 3.05) is 0 Å². The molecule has 0 aromatic carbocycles. The standard InChI is InChI=1S/4C30H46O6.4H2O/c4*1-15-17-13-29(23(33)35-17)11-10-27(6)20-21(29)28(15,7)36-30(20,34)14-19-25(4)12-16(31)22(32)24(2,3)18(25)8-9-26(19,27)5;;;;/h4*15-22,31-32,34H,8-14H2,1-7H3;4*1H2/t4*15-,16-,17+,18+,19-,20+,21-,22-,25+,26-,27-,28-,29-,30-;;;;/m1111..../s1. The van der Waals surface area contributed by atoms with Crippen molar-refractivity contribution in [1.82, 2.24) is 0 Å². The summed E-state index contributed by atoms with van der Waals surface area (Å²) in [7, 11) is 0. The normalized spacial score (nSPS) is 64.5. The maximum absolute atomic E-state index is 13.5. The molecule has 148 heavy (non-hydrogen) atoms. The van der Waals surface area contributed by atoms with Crippen molar-refractivity contribution in [2.45, 2.75) is 492 Å².